The molecule has 0 aromatic heterocycles. The SMILES string of the molecule is [CH-]=C([C-]=[W])[C](=[W])C(C)C.[CH-]=[W].[CH-]=[W].[W].[W].[W].[W].[W].[W]. The van der Waals surface area contributed by atoms with Crippen molar-refractivity contribution in [3.63, 3.8) is 0 Å². The molecular formula is C9H10W10-4. The summed E-state index contributed by atoms with van der Waals surface area (Å²) in [6, 6.07) is 0. The Morgan fingerprint density at radius 2 is 1.05 bits per heavy atom. The van der Waals surface area contributed by atoms with Crippen LogP contribution in [0.2, 0.25) is 0 Å². The van der Waals surface area contributed by atoms with Gasteiger partial charge in [0.25, 0.3) is 0 Å². The van der Waals surface area contributed by atoms with Gasteiger partial charge in [-0.1, -0.05) is 0 Å². The minimum atomic E-state index is 0. The standard InChI is InChI=1S/C7H8.2CH.10W/c1-6(2)5-7(3)4;;;;;;;;;;;;/h1,7H,3-4H3;2*1H;;;;;;;;;;/q-2;2*-1;;;;;;;;;;. The van der Waals surface area contributed by atoms with E-state index >= 15 is 0 Å². The third-order valence-electron chi connectivity index (χ3n) is 0.900. The largest absolute Gasteiger partial charge is 0 e. The van der Waals surface area contributed by atoms with Crippen molar-refractivity contribution >= 4 is 18.1 Å². The molecule has 0 heterocycles. The van der Waals surface area contributed by atoms with Gasteiger partial charge in [-0.2, -0.15) is 0 Å². The fourth-order valence-corrected chi connectivity index (χ4v) is 1.95. The molecule has 0 saturated heterocycles. The molecule has 0 aliphatic carbocycles. The summed E-state index contributed by atoms with van der Waals surface area (Å²) in [5, 5.41) is 0. The second kappa shape index (κ2) is 49.6. The van der Waals surface area contributed by atoms with E-state index in [9.17, 15) is 0 Å². The molecule has 0 unspecified atom stereocenters. The Hall–Kier alpha value is 6.10. The Morgan fingerprint density at radius 3 is 1.11 bits per heavy atom. The van der Waals surface area contributed by atoms with E-state index in [0.29, 0.717) is 5.92 Å². The van der Waals surface area contributed by atoms with Crippen LogP contribution in [-0.2, 0) is 204 Å². The molecule has 0 radical (unpaired) electrons. The van der Waals surface area contributed by atoms with Crippen molar-refractivity contribution in [1.82, 2.24) is 0 Å². The van der Waals surface area contributed by atoms with Crippen LogP contribution in [0.5, 0.6) is 0 Å². The molecule has 0 aromatic rings. The maximum Gasteiger partial charge on any atom is 0 e. The topological polar surface area (TPSA) is 0 Å². The summed E-state index contributed by atoms with van der Waals surface area (Å²) in [6.45, 7) is 9.94. The van der Waals surface area contributed by atoms with E-state index in [2.05, 4.69) is 28.1 Å². The van der Waals surface area contributed by atoms with Crippen LogP contribution in [0.1, 0.15) is 13.8 Å². The molecule has 0 saturated carbocycles. The third kappa shape index (κ3) is 45.4. The molecule has 0 atom stereocenters. The summed E-state index contributed by atoms with van der Waals surface area (Å²) >= 11 is 4.94. The van der Waals surface area contributed by atoms with Crippen molar-refractivity contribution < 1.29 is 204 Å². The van der Waals surface area contributed by atoms with E-state index in [1.54, 1.807) is 0 Å². The fourth-order valence-electron chi connectivity index (χ4n) is 0.361. The molecular weight excluding hydrogens is 1950 g/mol. The summed E-state index contributed by atoms with van der Waals surface area (Å²) in [6.07, 6.45) is 0. The van der Waals surface area contributed by atoms with Crippen LogP contribution in [0.3, 0.4) is 0 Å². The minimum Gasteiger partial charge on any atom is 0 e. The Kier molecular flexibility index (Phi) is 147. The van der Waals surface area contributed by atoms with E-state index in [0.717, 1.165) is 44.3 Å². The smallest absolute Gasteiger partial charge is 0 e. The van der Waals surface area contributed by atoms with Gasteiger partial charge in [0.2, 0.25) is 0 Å². The summed E-state index contributed by atoms with van der Waals surface area (Å²) in [5.74, 6) is 0.590. The summed E-state index contributed by atoms with van der Waals surface area (Å²) in [5.41, 5.74) is 0.870. The molecule has 0 amide bonds. The van der Waals surface area contributed by atoms with E-state index in [4.69, 9.17) is 6.58 Å². The first kappa shape index (κ1) is 56.2. The molecule has 0 fully saturated rings. The Bertz CT molecular complexity index is 178. The second-order valence-corrected chi connectivity index (χ2v) is 4.35. The van der Waals surface area contributed by atoms with Crippen LogP contribution < -0.4 is 0 Å². The van der Waals surface area contributed by atoms with Crippen LogP contribution in [0.15, 0.2) is 5.57 Å². The first-order chi connectivity index (χ1) is 6.09. The molecule has 0 aromatic carbocycles. The van der Waals surface area contributed by atoms with Gasteiger partial charge in [-0.25, -0.2) is 0 Å². The van der Waals surface area contributed by atoms with Crippen molar-refractivity contribution in [1.29, 1.82) is 0 Å². The fraction of sp³-hybridized carbons (Fsp3) is 0.333. The van der Waals surface area contributed by atoms with Gasteiger partial charge in [0.1, 0.15) is 0 Å². The van der Waals surface area contributed by atoms with Gasteiger partial charge in [-0.05, 0) is 0 Å². The molecule has 10 heteroatoms. The number of rotatable bonds is 3. The summed E-state index contributed by atoms with van der Waals surface area (Å²) in [4.78, 5) is 9.17. The molecule has 0 N–H and O–H groups in total. The van der Waals surface area contributed by atoms with Crippen molar-refractivity contribution in [2.24, 2.45) is 5.92 Å². The first-order valence-corrected chi connectivity index (χ1v) is 9.43. The quantitative estimate of drug-likeness (QED) is 0.365. The van der Waals surface area contributed by atoms with Gasteiger partial charge in [0, 0.05) is 126 Å². The second-order valence-electron chi connectivity index (χ2n) is 2.03. The van der Waals surface area contributed by atoms with Gasteiger partial charge < -0.3 is 0 Å². The van der Waals surface area contributed by atoms with Gasteiger partial charge >= 0.3 is 127 Å². The molecule has 0 nitrogen and oxygen atoms in total. The summed E-state index contributed by atoms with van der Waals surface area (Å²) < 4.78 is 4.33. The van der Waals surface area contributed by atoms with Crippen LogP contribution >= 0.6 is 0 Å². The first-order valence-electron chi connectivity index (χ1n) is 3.11. The van der Waals surface area contributed by atoms with Crippen LogP contribution in [0.25, 0.3) is 0 Å². The van der Waals surface area contributed by atoms with E-state index in [-0.39, 0.29) is 126 Å². The van der Waals surface area contributed by atoms with E-state index < -0.39 is 0 Å². The number of hydrogen-bond donors (Lipinski definition) is 0. The molecule has 0 aliphatic heterocycles. The number of allylic oxidation sites excluding steroid dienone is 1. The molecule has 0 bridgehead atoms. The molecule has 0 rings (SSSR count). The normalized spacial score (nSPS) is 4.79. The number of hydrogen-bond acceptors (Lipinski definition) is 0. The third-order valence-corrected chi connectivity index (χ3v) is 4.17. The van der Waals surface area contributed by atoms with Crippen LogP contribution in [-0.4, -0.2) is 18.1 Å². The van der Waals surface area contributed by atoms with Gasteiger partial charge in [0.05, 0.1) is 0 Å². The van der Waals surface area contributed by atoms with Crippen molar-refractivity contribution in [3.8, 4) is 0 Å². The Balaban J connectivity index is -0.0000000131. The average Bonchev–Trinajstić information content (AvgIpc) is 2.21. The van der Waals surface area contributed by atoms with Crippen molar-refractivity contribution in [2.75, 3.05) is 0 Å². The Morgan fingerprint density at radius 1 is 0.842 bits per heavy atom. The predicted octanol–water partition coefficient (Wildman–Crippen LogP) is 0.616. The maximum absolute atomic E-state index is 5.63. The van der Waals surface area contributed by atoms with Crippen molar-refractivity contribution in [3.05, 3.63) is 12.2 Å². The average molecular weight is 1960 g/mol. The zero-order valence-electron chi connectivity index (χ0n) is 9.89. The van der Waals surface area contributed by atoms with Crippen molar-refractivity contribution in [2.45, 2.75) is 13.8 Å². The van der Waals surface area contributed by atoms with Gasteiger partial charge in [-0.3, -0.25) is 0 Å². The minimum absolute atomic E-state index is 0. The maximum atomic E-state index is 5.63. The Labute approximate surface area is 248 Å². The zero-order valence-corrected chi connectivity index (χ0v) is 39.2. The van der Waals surface area contributed by atoms with Crippen LogP contribution in [0, 0.1) is 12.5 Å². The van der Waals surface area contributed by atoms with E-state index in [1.165, 1.54) is 42.6 Å². The zero-order chi connectivity index (χ0) is 11.4. The molecule has 0 aliphatic rings. The van der Waals surface area contributed by atoms with E-state index in [1.807, 2.05) is 0 Å². The monoisotopic (exact) mass is 1960 g/mol. The van der Waals surface area contributed by atoms with Crippen LogP contribution in [0.4, 0.5) is 0 Å². The summed E-state index contributed by atoms with van der Waals surface area (Å²) in [7, 11) is 0. The molecule has 110 valence electrons. The predicted molar refractivity (Wildman–Crippen MR) is 44.8 cm³/mol. The van der Waals surface area contributed by atoms with Gasteiger partial charge in [0.15, 0.2) is 0 Å². The molecule has 0 spiro atoms. The molecule has 19 heavy (non-hydrogen) atoms. The van der Waals surface area contributed by atoms with Gasteiger partial charge in [-0.15, -0.1) is 0 Å².